The van der Waals surface area contributed by atoms with Gasteiger partial charge in [0.2, 0.25) is 0 Å². The number of halogens is 1. The van der Waals surface area contributed by atoms with Crippen molar-refractivity contribution in [1.29, 1.82) is 0 Å². The van der Waals surface area contributed by atoms with Crippen LogP contribution in [0.5, 0.6) is 0 Å². The molecule has 0 radical (unpaired) electrons. The SMILES string of the molecule is COC(OC)[C@@H]1OC(C)(C)O[C@H]1[C@H](O[C@@H]1O[C@H](COC(=O)c2ccc(Cl)cc2)[C@@H]2OC(C)(C)O[C@@H]2[C@H]1O)[C@H]1COC(C)(C)O1. The van der Waals surface area contributed by atoms with Crippen LogP contribution in [0.4, 0.5) is 0 Å². The highest BCUT2D eigenvalue weighted by Crippen LogP contribution is 2.41. The van der Waals surface area contributed by atoms with Crippen molar-refractivity contribution in [2.45, 2.75) is 120 Å². The number of rotatable bonds is 10. The van der Waals surface area contributed by atoms with E-state index in [1.54, 1.807) is 65.8 Å². The zero-order valence-corrected chi connectivity index (χ0v) is 27.0. The fraction of sp³-hybridized carbons (Fsp3) is 0.767. The van der Waals surface area contributed by atoms with Crippen LogP contribution in [0.25, 0.3) is 0 Å². The number of ether oxygens (including phenoxy) is 11. The Balaban J connectivity index is 1.40. The molecule has 4 aliphatic rings. The lowest BCUT2D eigenvalue weighted by atomic mass is 9.98. The third kappa shape index (κ3) is 7.40. The molecule has 4 aliphatic heterocycles. The fourth-order valence-electron chi connectivity index (χ4n) is 5.98. The summed E-state index contributed by atoms with van der Waals surface area (Å²) in [6.45, 7) is 10.5. The van der Waals surface area contributed by atoms with Gasteiger partial charge in [-0.1, -0.05) is 11.6 Å². The Morgan fingerprint density at radius 1 is 0.909 bits per heavy atom. The number of carbonyl (C=O) groups is 1. The maximum Gasteiger partial charge on any atom is 0.338 e. The van der Waals surface area contributed by atoms with Gasteiger partial charge in [-0.15, -0.1) is 0 Å². The van der Waals surface area contributed by atoms with Crippen LogP contribution in [0.15, 0.2) is 24.3 Å². The summed E-state index contributed by atoms with van der Waals surface area (Å²) in [7, 11) is 2.99. The molecule has 1 N–H and O–H groups in total. The lowest BCUT2D eigenvalue weighted by Gasteiger charge is -2.42. The van der Waals surface area contributed by atoms with Gasteiger partial charge in [-0.3, -0.25) is 0 Å². The van der Waals surface area contributed by atoms with Crippen molar-refractivity contribution in [3.05, 3.63) is 34.9 Å². The van der Waals surface area contributed by atoms with Gasteiger partial charge in [-0.2, -0.15) is 0 Å². The smallest absolute Gasteiger partial charge is 0.338 e. The number of benzene rings is 1. The van der Waals surface area contributed by atoms with E-state index in [-0.39, 0.29) is 13.2 Å². The molecule has 0 aromatic heterocycles. The predicted octanol–water partition coefficient (Wildman–Crippen LogP) is 2.78. The van der Waals surface area contributed by atoms with Gasteiger partial charge in [0.1, 0.15) is 55.4 Å². The zero-order valence-electron chi connectivity index (χ0n) is 26.2. The number of esters is 1. The molecule has 5 rings (SSSR count). The second-order valence-corrected chi connectivity index (χ2v) is 13.0. The zero-order chi connectivity index (χ0) is 32.0. The lowest BCUT2D eigenvalue weighted by molar-refractivity contribution is -0.315. The molecule has 1 aromatic rings. The molecular weight excluding hydrogens is 604 g/mol. The van der Waals surface area contributed by atoms with E-state index in [0.29, 0.717) is 10.6 Å². The monoisotopic (exact) mass is 646 g/mol. The first kappa shape index (κ1) is 33.9. The molecule has 0 aliphatic carbocycles. The van der Waals surface area contributed by atoms with Crippen LogP contribution in [0, 0.1) is 0 Å². The van der Waals surface area contributed by atoms with E-state index in [4.69, 9.17) is 63.7 Å². The summed E-state index contributed by atoms with van der Waals surface area (Å²) < 4.78 is 66.3. The Bertz CT molecular complexity index is 1140. The number of aliphatic hydroxyl groups excluding tert-OH is 1. The van der Waals surface area contributed by atoms with Crippen LogP contribution in [0.3, 0.4) is 0 Å². The minimum Gasteiger partial charge on any atom is -0.459 e. The van der Waals surface area contributed by atoms with Crippen molar-refractivity contribution in [2.24, 2.45) is 0 Å². The van der Waals surface area contributed by atoms with Gasteiger partial charge in [0.25, 0.3) is 0 Å². The van der Waals surface area contributed by atoms with Gasteiger partial charge in [0, 0.05) is 19.2 Å². The summed E-state index contributed by atoms with van der Waals surface area (Å²) in [5.41, 5.74) is 0.317. The summed E-state index contributed by atoms with van der Waals surface area (Å²) in [5, 5.41) is 12.0. The minimum absolute atomic E-state index is 0.166. The molecule has 0 saturated carbocycles. The van der Waals surface area contributed by atoms with Gasteiger partial charge in [-0.25, -0.2) is 4.79 Å². The Hall–Kier alpha value is -1.46. The van der Waals surface area contributed by atoms with Crippen LogP contribution in [0.1, 0.15) is 51.9 Å². The molecule has 0 spiro atoms. The number of methoxy groups -OCH3 is 2. The first-order valence-corrected chi connectivity index (χ1v) is 15.0. The summed E-state index contributed by atoms with van der Waals surface area (Å²) in [6, 6.07) is 6.32. The second-order valence-electron chi connectivity index (χ2n) is 12.6. The van der Waals surface area contributed by atoms with Crippen molar-refractivity contribution in [2.75, 3.05) is 27.4 Å². The highest BCUT2D eigenvalue weighted by molar-refractivity contribution is 6.30. The third-order valence-corrected chi connectivity index (χ3v) is 8.07. The minimum atomic E-state index is -1.29. The van der Waals surface area contributed by atoms with Crippen molar-refractivity contribution in [3.8, 4) is 0 Å². The molecule has 44 heavy (non-hydrogen) atoms. The first-order valence-electron chi connectivity index (χ1n) is 14.6. The Morgan fingerprint density at radius 3 is 2.14 bits per heavy atom. The Kier molecular flexibility index (Phi) is 9.99. The van der Waals surface area contributed by atoms with Gasteiger partial charge >= 0.3 is 5.97 Å². The molecule has 14 heteroatoms. The number of hydrogen-bond acceptors (Lipinski definition) is 13. The van der Waals surface area contributed by atoms with Gasteiger partial charge in [-0.05, 0) is 65.8 Å². The Labute approximate surface area is 262 Å². The molecule has 4 heterocycles. The van der Waals surface area contributed by atoms with Crippen molar-refractivity contribution < 1.29 is 62.0 Å². The van der Waals surface area contributed by atoms with E-state index in [9.17, 15) is 9.90 Å². The number of aliphatic hydroxyl groups is 1. The van der Waals surface area contributed by atoms with Gasteiger partial charge in [0.05, 0.1) is 12.2 Å². The quantitative estimate of drug-likeness (QED) is 0.295. The average Bonchev–Trinajstić information content (AvgIpc) is 3.59. The normalized spacial score (nSPS) is 36.3. The standard InChI is InChI=1S/C30H43ClO13/c1-28(2)37-14-18(40-28)20(23-24(27(34-7)35-8)44-30(5,6)43-23)39-26-19(32)22-21(41-29(3,4)42-22)17(38-26)13-36-25(33)15-9-11-16(31)12-10-15/h9-12,17-24,26-27,32H,13-14H2,1-8H3/t17-,18-,19-,20-,21+,22-,23+,24-,26+/m1/s1. The Morgan fingerprint density at radius 2 is 1.52 bits per heavy atom. The number of hydrogen-bond donors (Lipinski definition) is 1. The maximum atomic E-state index is 12.8. The number of carbonyl (C=O) groups excluding carboxylic acids is 1. The van der Waals surface area contributed by atoms with Crippen LogP contribution >= 0.6 is 11.6 Å². The van der Waals surface area contributed by atoms with Crippen molar-refractivity contribution in [3.63, 3.8) is 0 Å². The first-order chi connectivity index (χ1) is 20.6. The van der Waals surface area contributed by atoms with Crippen LogP contribution < -0.4 is 0 Å². The van der Waals surface area contributed by atoms with Gasteiger partial charge in [0.15, 0.2) is 29.9 Å². The topological polar surface area (TPSA) is 139 Å². The maximum absolute atomic E-state index is 12.8. The van der Waals surface area contributed by atoms with Crippen LogP contribution in [0.2, 0.25) is 5.02 Å². The van der Waals surface area contributed by atoms with E-state index in [1.165, 1.54) is 14.2 Å². The molecule has 0 bridgehead atoms. The molecule has 13 nitrogen and oxygen atoms in total. The fourth-order valence-corrected chi connectivity index (χ4v) is 6.11. The molecule has 9 atom stereocenters. The van der Waals surface area contributed by atoms with E-state index in [2.05, 4.69) is 0 Å². The predicted molar refractivity (Wildman–Crippen MR) is 152 cm³/mol. The van der Waals surface area contributed by atoms with Crippen LogP contribution in [-0.2, 0) is 52.1 Å². The lowest BCUT2D eigenvalue weighted by Crippen LogP contribution is -2.61. The van der Waals surface area contributed by atoms with E-state index >= 15 is 0 Å². The summed E-state index contributed by atoms with van der Waals surface area (Å²) in [4.78, 5) is 12.8. The molecule has 0 amide bonds. The number of fused-ring (bicyclic) bond motifs is 1. The van der Waals surface area contributed by atoms with E-state index in [0.717, 1.165) is 0 Å². The van der Waals surface area contributed by atoms with E-state index in [1.807, 2.05) is 0 Å². The second kappa shape index (κ2) is 13.0. The molecular formula is C30H43ClO13. The summed E-state index contributed by atoms with van der Waals surface area (Å²) in [5.74, 6) is -3.54. The molecule has 4 fully saturated rings. The van der Waals surface area contributed by atoms with Crippen molar-refractivity contribution >= 4 is 17.6 Å². The average molecular weight is 647 g/mol. The summed E-state index contributed by atoms with van der Waals surface area (Å²) >= 11 is 5.95. The molecule has 248 valence electrons. The third-order valence-electron chi connectivity index (χ3n) is 7.82. The molecule has 4 saturated heterocycles. The highest BCUT2D eigenvalue weighted by Gasteiger charge is 2.59. The molecule has 1 aromatic carbocycles. The van der Waals surface area contributed by atoms with Crippen molar-refractivity contribution in [1.82, 2.24) is 0 Å². The summed E-state index contributed by atoms with van der Waals surface area (Å²) in [6.07, 6.45) is -8.96. The largest absolute Gasteiger partial charge is 0.459 e. The highest BCUT2D eigenvalue weighted by atomic mass is 35.5. The molecule has 0 unspecified atom stereocenters. The van der Waals surface area contributed by atoms with E-state index < -0.39 is 84.7 Å². The van der Waals surface area contributed by atoms with Crippen LogP contribution in [-0.4, -0.2) is 117 Å². The van der Waals surface area contributed by atoms with Gasteiger partial charge < -0.3 is 57.2 Å².